The predicted octanol–water partition coefficient (Wildman–Crippen LogP) is 2.46. The van der Waals surface area contributed by atoms with E-state index in [9.17, 15) is 9.90 Å². The van der Waals surface area contributed by atoms with Gasteiger partial charge in [0.1, 0.15) is 5.75 Å². The highest BCUT2D eigenvalue weighted by molar-refractivity contribution is 5.82. The van der Waals surface area contributed by atoms with Gasteiger partial charge >= 0.3 is 0 Å². The summed E-state index contributed by atoms with van der Waals surface area (Å²) in [5, 5.41) is 19.7. The second-order valence-corrected chi connectivity index (χ2v) is 6.32. The van der Waals surface area contributed by atoms with Gasteiger partial charge in [-0.15, -0.1) is 0 Å². The predicted molar refractivity (Wildman–Crippen MR) is 97.5 cm³/mol. The van der Waals surface area contributed by atoms with Crippen LogP contribution in [0.15, 0.2) is 24.3 Å². The number of carbonyl (C=O) groups is 1. The first-order valence-electron chi connectivity index (χ1n) is 8.58. The van der Waals surface area contributed by atoms with Crippen LogP contribution in [0.2, 0.25) is 0 Å². The molecule has 3 N–H and O–H groups in total. The van der Waals surface area contributed by atoms with E-state index in [0.29, 0.717) is 0 Å². The van der Waals surface area contributed by atoms with Gasteiger partial charge in [-0.25, -0.2) is 0 Å². The van der Waals surface area contributed by atoms with Gasteiger partial charge in [0.05, 0.1) is 31.9 Å². The van der Waals surface area contributed by atoms with Gasteiger partial charge in [0, 0.05) is 16.8 Å². The third kappa shape index (κ3) is 4.60. The first kappa shape index (κ1) is 19.0. The summed E-state index contributed by atoms with van der Waals surface area (Å²) in [6.07, 6.45) is 1.12. The topological polar surface area (TPSA) is 87.2 Å². The molecule has 0 aliphatic heterocycles. The van der Waals surface area contributed by atoms with Crippen LogP contribution in [0.5, 0.6) is 5.75 Å². The van der Waals surface area contributed by atoms with Crippen molar-refractivity contribution < 1.29 is 14.6 Å². The first-order valence-corrected chi connectivity index (χ1v) is 8.58. The van der Waals surface area contributed by atoms with Crippen molar-refractivity contribution in [3.05, 3.63) is 35.5 Å². The van der Waals surface area contributed by atoms with Crippen LogP contribution in [0.1, 0.15) is 31.5 Å². The number of ether oxygens (including phenoxy) is 1. The fourth-order valence-electron chi connectivity index (χ4n) is 2.73. The molecule has 0 aliphatic rings. The molecule has 6 nitrogen and oxygen atoms in total. The number of carbonyl (C=O) groups excluding carboxylic acids is 1. The number of nitrogens with zero attached hydrogens (tertiary/aromatic N) is 1. The van der Waals surface area contributed by atoms with E-state index in [1.165, 1.54) is 0 Å². The van der Waals surface area contributed by atoms with Crippen LogP contribution >= 0.6 is 0 Å². The summed E-state index contributed by atoms with van der Waals surface area (Å²) in [6.45, 7) is 5.91. The number of amides is 1. The molecule has 0 spiro atoms. The standard InChI is InChI=1S/C19H27N3O3/c1-5-12(2)17(11-23)20-18(24)10-16-13(3)21-22-19(16)14-6-8-15(25-4)9-7-14/h6-9,12,17,23H,5,10-11H2,1-4H3,(H,20,24)(H,21,22)/t12-,17-/m1/s1. The van der Waals surface area contributed by atoms with Gasteiger partial charge in [0.2, 0.25) is 5.91 Å². The lowest BCUT2D eigenvalue weighted by Gasteiger charge is -2.22. The van der Waals surface area contributed by atoms with Crippen LogP contribution in [0.4, 0.5) is 0 Å². The summed E-state index contributed by atoms with van der Waals surface area (Å²) in [5.74, 6) is 0.883. The molecule has 2 aromatic rings. The first-order chi connectivity index (χ1) is 12.0. The smallest absolute Gasteiger partial charge is 0.224 e. The van der Waals surface area contributed by atoms with Crippen molar-refractivity contribution in [2.24, 2.45) is 5.92 Å². The highest BCUT2D eigenvalue weighted by Gasteiger charge is 2.20. The van der Waals surface area contributed by atoms with E-state index in [4.69, 9.17) is 4.74 Å². The fraction of sp³-hybridized carbons (Fsp3) is 0.474. The minimum Gasteiger partial charge on any atom is -0.497 e. The molecule has 2 atom stereocenters. The SMILES string of the molecule is CC[C@@H](C)[C@@H](CO)NC(=O)Cc1c(-c2ccc(OC)cc2)n[nH]c1C. The third-order valence-corrected chi connectivity index (χ3v) is 4.65. The Balaban J connectivity index is 2.16. The average molecular weight is 345 g/mol. The summed E-state index contributed by atoms with van der Waals surface area (Å²) in [7, 11) is 1.62. The van der Waals surface area contributed by atoms with Crippen LogP contribution in [-0.4, -0.2) is 41.0 Å². The van der Waals surface area contributed by atoms with Gasteiger partial charge in [0.15, 0.2) is 0 Å². The van der Waals surface area contributed by atoms with Crippen LogP contribution in [0.25, 0.3) is 11.3 Å². The molecule has 0 radical (unpaired) electrons. The highest BCUT2D eigenvalue weighted by atomic mass is 16.5. The van der Waals surface area contributed by atoms with Crippen LogP contribution < -0.4 is 10.1 Å². The van der Waals surface area contributed by atoms with Crippen LogP contribution in [-0.2, 0) is 11.2 Å². The minimum atomic E-state index is -0.228. The van der Waals surface area contributed by atoms with Gasteiger partial charge in [0.25, 0.3) is 0 Å². The van der Waals surface area contributed by atoms with E-state index >= 15 is 0 Å². The number of methoxy groups -OCH3 is 1. The zero-order chi connectivity index (χ0) is 18.4. The van der Waals surface area contributed by atoms with Gasteiger partial charge in [-0.1, -0.05) is 20.3 Å². The zero-order valence-corrected chi connectivity index (χ0v) is 15.3. The maximum atomic E-state index is 12.5. The van der Waals surface area contributed by atoms with E-state index in [-0.39, 0.29) is 30.9 Å². The third-order valence-electron chi connectivity index (χ3n) is 4.65. The van der Waals surface area contributed by atoms with Gasteiger partial charge in [-0.2, -0.15) is 5.10 Å². The fourth-order valence-corrected chi connectivity index (χ4v) is 2.73. The molecule has 136 valence electrons. The second-order valence-electron chi connectivity index (χ2n) is 6.32. The number of nitrogens with one attached hydrogen (secondary N) is 2. The average Bonchev–Trinajstić information content (AvgIpc) is 2.99. The van der Waals surface area contributed by atoms with Crippen molar-refractivity contribution in [2.75, 3.05) is 13.7 Å². The second kappa shape index (κ2) is 8.67. The Morgan fingerprint density at radius 3 is 2.60 bits per heavy atom. The van der Waals surface area contributed by atoms with Gasteiger partial charge < -0.3 is 15.2 Å². The van der Waals surface area contributed by atoms with Crippen molar-refractivity contribution in [1.82, 2.24) is 15.5 Å². The molecule has 1 amide bonds. The Labute approximate surface area is 148 Å². The highest BCUT2D eigenvalue weighted by Crippen LogP contribution is 2.26. The number of rotatable bonds is 8. The molecule has 25 heavy (non-hydrogen) atoms. The number of aliphatic hydroxyl groups excluding tert-OH is 1. The molecular formula is C19H27N3O3. The zero-order valence-electron chi connectivity index (χ0n) is 15.3. The quantitative estimate of drug-likeness (QED) is 0.686. The molecule has 0 bridgehead atoms. The number of aliphatic hydroxyl groups is 1. The summed E-state index contributed by atoms with van der Waals surface area (Å²) in [4.78, 5) is 12.5. The van der Waals surface area contributed by atoms with Crippen LogP contribution in [0, 0.1) is 12.8 Å². The lowest BCUT2D eigenvalue weighted by Crippen LogP contribution is -2.42. The van der Waals surface area contributed by atoms with E-state index in [0.717, 1.165) is 34.7 Å². The van der Waals surface area contributed by atoms with Crippen molar-refractivity contribution in [3.8, 4) is 17.0 Å². The number of aromatic amines is 1. The molecule has 1 aromatic heterocycles. The van der Waals surface area contributed by atoms with E-state index < -0.39 is 0 Å². The number of hydrogen-bond donors (Lipinski definition) is 3. The van der Waals surface area contributed by atoms with Crippen molar-refractivity contribution in [3.63, 3.8) is 0 Å². The monoisotopic (exact) mass is 345 g/mol. The number of benzene rings is 1. The Kier molecular flexibility index (Phi) is 6.58. The van der Waals surface area contributed by atoms with Gasteiger partial charge in [-0.05, 0) is 37.1 Å². The Bertz CT molecular complexity index is 694. The molecule has 0 fully saturated rings. The summed E-state index contributed by atoms with van der Waals surface area (Å²) < 4.78 is 5.18. The number of hydrogen-bond acceptors (Lipinski definition) is 4. The van der Waals surface area contributed by atoms with Gasteiger partial charge in [-0.3, -0.25) is 9.89 Å². The lowest BCUT2D eigenvalue weighted by molar-refractivity contribution is -0.121. The normalized spacial score (nSPS) is 13.3. The summed E-state index contributed by atoms with van der Waals surface area (Å²) in [6, 6.07) is 7.35. The molecule has 6 heteroatoms. The molecule has 2 rings (SSSR count). The molecule has 1 aromatic carbocycles. The largest absolute Gasteiger partial charge is 0.497 e. The van der Waals surface area contributed by atoms with Crippen molar-refractivity contribution >= 4 is 5.91 Å². The molecule has 0 aliphatic carbocycles. The van der Waals surface area contributed by atoms with Crippen molar-refractivity contribution in [1.29, 1.82) is 0 Å². The lowest BCUT2D eigenvalue weighted by atomic mass is 9.99. The summed E-state index contributed by atoms with van der Waals surface area (Å²) in [5.41, 5.74) is 3.42. The molecular weight excluding hydrogens is 318 g/mol. The molecule has 0 saturated heterocycles. The van der Waals surface area contributed by atoms with E-state index in [1.807, 2.05) is 45.0 Å². The van der Waals surface area contributed by atoms with E-state index in [2.05, 4.69) is 15.5 Å². The van der Waals surface area contributed by atoms with Crippen LogP contribution in [0.3, 0.4) is 0 Å². The van der Waals surface area contributed by atoms with Crippen molar-refractivity contribution in [2.45, 2.75) is 39.7 Å². The summed E-state index contributed by atoms with van der Waals surface area (Å²) >= 11 is 0. The molecule has 0 saturated carbocycles. The Morgan fingerprint density at radius 2 is 2.04 bits per heavy atom. The number of aryl methyl sites for hydroxylation is 1. The number of aromatic nitrogens is 2. The Morgan fingerprint density at radius 1 is 1.36 bits per heavy atom. The maximum absolute atomic E-state index is 12.5. The maximum Gasteiger partial charge on any atom is 0.224 e. The number of H-pyrrole nitrogens is 1. The molecule has 0 unspecified atom stereocenters. The molecule has 1 heterocycles. The van der Waals surface area contributed by atoms with E-state index in [1.54, 1.807) is 7.11 Å². The Hall–Kier alpha value is -2.34. The minimum absolute atomic E-state index is 0.0591.